The molecule has 1 atom stereocenters. The van der Waals surface area contributed by atoms with E-state index in [-0.39, 0.29) is 6.04 Å². The second kappa shape index (κ2) is 5.14. The number of methoxy groups -OCH3 is 1. The summed E-state index contributed by atoms with van der Waals surface area (Å²) in [7, 11) is 1.60. The van der Waals surface area contributed by atoms with Crippen molar-refractivity contribution < 1.29 is 4.74 Å². The first-order valence-corrected chi connectivity index (χ1v) is 6.19. The van der Waals surface area contributed by atoms with Crippen LogP contribution in [0.3, 0.4) is 0 Å². The summed E-state index contributed by atoms with van der Waals surface area (Å²) in [5.74, 6) is 1.34. The maximum absolute atomic E-state index is 5.06. The SMILES string of the molecule is COc1cc(NC(C)c2ccc(C)s2)ncn1. The van der Waals surface area contributed by atoms with Gasteiger partial charge in [0.05, 0.1) is 13.2 Å². The zero-order valence-corrected chi connectivity index (χ0v) is 10.9. The second-order valence-corrected chi connectivity index (χ2v) is 5.08. The van der Waals surface area contributed by atoms with E-state index in [0.29, 0.717) is 5.88 Å². The van der Waals surface area contributed by atoms with Crippen molar-refractivity contribution in [2.24, 2.45) is 0 Å². The van der Waals surface area contributed by atoms with Crippen molar-refractivity contribution in [3.05, 3.63) is 34.3 Å². The number of anilines is 1. The van der Waals surface area contributed by atoms with Gasteiger partial charge in [-0.3, -0.25) is 0 Å². The van der Waals surface area contributed by atoms with Crippen molar-refractivity contribution in [1.29, 1.82) is 0 Å². The number of nitrogens with zero attached hydrogens (tertiary/aromatic N) is 2. The molecule has 1 unspecified atom stereocenters. The van der Waals surface area contributed by atoms with E-state index in [1.54, 1.807) is 24.5 Å². The molecule has 2 aromatic rings. The topological polar surface area (TPSA) is 47.0 Å². The fraction of sp³-hybridized carbons (Fsp3) is 0.333. The average Bonchev–Trinajstić information content (AvgIpc) is 2.76. The molecule has 2 rings (SSSR count). The fourth-order valence-electron chi connectivity index (χ4n) is 1.51. The van der Waals surface area contributed by atoms with Gasteiger partial charge in [-0.2, -0.15) is 0 Å². The van der Waals surface area contributed by atoms with Gasteiger partial charge >= 0.3 is 0 Å². The zero-order valence-electron chi connectivity index (χ0n) is 10.1. The predicted molar refractivity (Wildman–Crippen MR) is 69.7 cm³/mol. The molecule has 2 heterocycles. The lowest BCUT2D eigenvalue weighted by atomic mass is 10.2. The number of nitrogens with one attached hydrogen (secondary N) is 1. The highest BCUT2D eigenvalue weighted by atomic mass is 32.1. The minimum absolute atomic E-state index is 0.230. The molecule has 0 radical (unpaired) electrons. The largest absolute Gasteiger partial charge is 0.481 e. The van der Waals surface area contributed by atoms with E-state index in [0.717, 1.165) is 5.82 Å². The van der Waals surface area contributed by atoms with Crippen LogP contribution in [0.15, 0.2) is 24.5 Å². The number of hydrogen-bond donors (Lipinski definition) is 1. The van der Waals surface area contributed by atoms with Gasteiger partial charge in [0.1, 0.15) is 12.1 Å². The molecule has 4 nitrogen and oxygen atoms in total. The second-order valence-electron chi connectivity index (χ2n) is 3.76. The van der Waals surface area contributed by atoms with Gasteiger partial charge in [0, 0.05) is 15.8 Å². The van der Waals surface area contributed by atoms with E-state index < -0.39 is 0 Å². The first kappa shape index (κ1) is 11.9. The van der Waals surface area contributed by atoms with E-state index >= 15 is 0 Å². The Morgan fingerprint density at radius 1 is 1.35 bits per heavy atom. The third kappa shape index (κ3) is 2.94. The summed E-state index contributed by atoms with van der Waals surface area (Å²) in [5, 5.41) is 3.33. The summed E-state index contributed by atoms with van der Waals surface area (Å²) in [5.41, 5.74) is 0. The molecule has 0 saturated carbocycles. The Labute approximate surface area is 105 Å². The first-order valence-electron chi connectivity index (χ1n) is 5.38. The Morgan fingerprint density at radius 3 is 2.82 bits per heavy atom. The average molecular weight is 249 g/mol. The maximum Gasteiger partial charge on any atom is 0.218 e. The van der Waals surface area contributed by atoms with Gasteiger partial charge in [-0.05, 0) is 26.0 Å². The van der Waals surface area contributed by atoms with Crippen LogP contribution in [0.25, 0.3) is 0 Å². The highest BCUT2D eigenvalue weighted by Gasteiger charge is 2.08. The normalized spacial score (nSPS) is 12.2. The Balaban J connectivity index is 2.09. The summed E-state index contributed by atoms with van der Waals surface area (Å²) < 4.78 is 5.06. The molecule has 0 fully saturated rings. The van der Waals surface area contributed by atoms with Crippen LogP contribution in [0.4, 0.5) is 5.82 Å². The number of hydrogen-bond acceptors (Lipinski definition) is 5. The molecule has 0 amide bonds. The van der Waals surface area contributed by atoms with Crippen molar-refractivity contribution >= 4 is 17.2 Å². The van der Waals surface area contributed by atoms with E-state index in [2.05, 4.69) is 41.3 Å². The van der Waals surface area contributed by atoms with Gasteiger partial charge in [0.15, 0.2) is 0 Å². The van der Waals surface area contributed by atoms with Gasteiger partial charge in [-0.15, -0.1) is 11.3 Å². The fourth-order valence-corrected chi connectivity index (χ4v) is 2.39. The summed E-state index contributed by atoms with van der Waals surface area (Å²) in [4.78, 5) is 10.7. The van der Waals surface area contributed by atoms with Crippen LogP contribution in [0, 0.1) is 6.92 Å². The lowest BCUT2D eigenvalue weighted by Gasteiger charge is -2.12. The molecule has 90 valence electrons. The standard InChI is InChI=1S/C12H15N3OS/c1-8-4-5-10(17-8)9(2)15-11-6-12(16-3)14-7-13-11/h4-7,9H,1-3H3,(H,13,14,15). The van der Waals surface area contributed by atoms with Crippen molar-refractivity contribution in [3.8, 4) is 5.88 Å². The van der Waals surface area contributed by atoms with Crippen LogP contribution in [0.1, 0.15) is 22.7 Å². The molecular formula is C12H15N3OS. The maximum atomic E-state index is 5.06. The minimum Gasteiger partial charge on any atom is -0.481 e. The summed E-state index contributed by atoms with van der Waals surface area (Å²) in [6, 6.07) is 6.28. The summed E-state index contributed by atoms with van der Waals surface area (Å²) >= 11 is 1.79. The highest BCUT2D eigenvalue weighted by Crippen LogP contribution is 2.25. The predicted octanol–water partition coefficient (Wildman–Crippen LogP) is 3.03. The molecule has 2 aromatic heterocycles. The first-order chi connectivity index (χ1) is 8.19. The molecule has 0 bridgehead atoms. The van der Waals surface area contributed by atoms with Crippen LogP contribution in [0.2, 0.25) is 0 Å². The number of aromatic nitrogens is 2. The Bertz CT molecular complexity index is 498. The Hall–Kier alpha value is -1.62. The molecule has 0 spiro atoms. The van der Waals surface area contributed by atoms with E-state index in [9.17, 15) is 0 Å². The molecule has 0 aliphatic carbocycles. The molecular weight excluding hydrogens is 234 g/mol. The number of rotatable bonds is 4. The molecule has 17 heavy (non-hydrogen) atoms. The van der Waals surface area contributed by atoms with Crippen LogP contribution in [-0.4, -0.2) is 17.1 Å². The summed E-state index contributed by atoms with van der Waals surface area (Å²) in [6.07, 6.45) is 1.49. The van der Waals surface area contributed by atoms with Crippen LogP contribution in [0.5, 0.6) is 5.88 Å². The smallest absolute Gasteiger partial charge is 0.218 e. The lowest BCUT2D eigenvalue weighted by molar-refractivity contribution is 0.397. The van der Waals surface area contributed by atoms with Crippen molar-refractivity contribution in [2.75, 3.05) is 12.4 Å². The Morgan fingerprint density at radius 2 is 2.18 bits per heavy atom. The Kier molecular flexibility index (Phi) is 3.58. The van der Waals surface area contributed by atoms with Crippen molar-refractivity contribution in [3.63, 3.8) is 0 Å². The molecule has 5 heteroatoms. The minimum atomic E-state index is 0.230. The third-order valence-electron chi connectivity index (χ3n) is 2.40. The molecule has 0 aliphatic heterocycles. The molecule has 0 aromatic carbocycles. The van der Waals surface area contributed by atoms with Crippen molar-refractivity contribution in [1.82, 2.24) is 9.97 Å². The van der Waals surface area contributed by atoms with E-state index in [1.807, 2.05) is 0 Å². The number of thiophene rings is 1. The molecule has 1 N–H and O–H groups in total. The van der Waals surface area contributed by atoms with Crippen LogP contribution < -0.4 is 10.1 Å². The monoisotopic (exact) mass is 249 g/mol. The lowest BCUT2D eigenvalue weighted by Crippen LogP contribution is -2.06. The van der Waals surface area contributed by atoms with Crippen molar-refractivity contribution in [2.45, 2.75) is 19.9 Å². The van der Waals surface area contributed by atoms with Crippen LogP contribution >= 0.6 is 11.3 Å². The molecule has 0 saturated heterocycles. The van der Waals surface area contributed by atoms with Gasteiger partial charge in [-0.1, -0.05) is 0 Å². The highest BCUT2D eigenvalue weighted by molar-refractivity contribution is 7.12. The third-order valence-corrected chi connectivity index (χ3v) is 3.59. The number of aryl methyl sites for hydroxylation is 1. The quantitative estimate of drug-likeness (QED) is 0.904. The van der Waals surface area contributed by atoms with Gasteiger partial charge in [-0.25, -0.2) is 9.97 Å². The summed E-state index contributed by atoms with van der Waals surface area (Å²) in [6.45, 7) is 4.22. The molecule has 0 aliphatic rings. The van der Waals surface area contributed by atoms with Gasteiger partial charge < -0.3 is 10.1 Å². The van der Waals surface area contributed by atoms with Crippen LogP contribution in [-0.2, 0) is 0 Å². The van der Waals surface area contributed by atoms with Gasteiger partial charge in [0.2, 0.25) is 5.88 Å². The van der Waals surface area contributed by atoms with Gasteiger partial charge in [0.25, 0.3) is 0 Å². The zero-order chi connectivity index (χ0) is 12.3. The number of ether oxygens (including phenoxy) is 1. The van der Waals surface area contributed by atoms with E-state index in [1.165, 1.54) is 16.1 Å². The van der Waals surface area contributed by atoms with E-state index in [4.69, 9.17) is 4.74 Å².